The third kappa shape index (κ3) is 3.55. The molecule has 1 atom stereocenters. The summed E-state index contributed by atoms with van der Waals surface area (Å²) >= 11 is 0. The smallest absolute Gasteiger partial charge is 0.0842 e. The van der Waals surface area contributed by atoms with E-state index >= 15 is 0 Å². The Hall–Kier alpha value is -0.900. The second-order valence-electron chi connectivity index (χ2n) is 3.44. The van der Waals surface area contributed by atoms with E-state index in [1.165, 1.54) is 6.42 Å². The molecule has 0 aromatic carbocycles. The van der Waals surface area contributed by atoms with E-state index in [1.54, 1.807) is 4.68 Å². The zero-order chi connectivity index (χ0) is 9.68. The third-order valence-electron chi connectivity index (χ3n) is 1.91. The van der Waals surface area contributed by atoms with Crippen LogP contribution in [0.15, 0.2) is 6.20 Å². The molecule has 0 saturated carbocycles. The van der Waals surface area contributed by atoms with Gasteiger partial charge in [-0.1, -0.05) is 12.1 Å². The highest BCUT2D eigenvalue weighted by atomic mass is 15.4. The SMILES string of the molecule is CCCNC(C)Cc1cn(C)nn1. The first-order valence-electron chi connectivity index (χ1n) is 4.81. The number of nitrogens with zero attached hydrogens (tertiary/aromatic N) is 3. The highest BCUT2D eigenvalue weighted by Gasteiger charge is 2.04. The number of aryl methyl sites for hydroxylation is 1. The molecule has 4 heteroatoms. The van der Waals surface area contributed by atoms with Crippen molar-refractivity contribution in [1.29, 1.82) is 0 Å². The summed E-state index contributed by atoms with van der Waals surface area (Å²) in [4.78, 5) is 0. The van der Waals surface area contributed by atoms with Gasteiger partial charge in [0, 0.05) is 25.7 Å². The van der Waals surface area contributed by atoms with E-state index in [-0.39, 0.29) is 0 Å². The van der Waals surface area contributed by atoms with E-state index in [2.05, 4.69) is 29.5 Å². The van der Waals surface area contributed by atoms with Crippen molar-refractivity contribution in [3.63, 3.8) is 0 Å². The molecule has 1 aromatic heterocycles. The Morgan fingerprint density at radius 3 is 2.92 bits per heavy atom. The standard InChI is InChI=1S/C9H18N4/c1-4-5-10-8(2)6-9-7-13(3)12-11-9/h7-8,10H,4-6H2,1-3H3. The van der Waals surface area contributed by atoms with Crippen LogP contribution in [0.2, 0.25) is 0 Å². The summed E-state index contributed by atoms with van der Waals surface area (Å²) in [6.45, 7) is 5.41. The largest absolute Gasteiger partial charge is 0.314 e. The van der Waals surface area contributed by atoms with Gasteiger partial charge in [0.25, 0.3) is 0 Å². The van der Waals surface area contributed by atoms with Gasteiger partial charge < -0.3 is 5.32 Å². The van der Waals surface area contributed by atoms with Crippen molar-refractivity contribution in [1.82, 2.24) is 20.3 Å². The van der Waals surface area contributed by atoms with E-state index < -0.39 is 0 Å². The van der Waals surface area contributed by atoms with Crippen molar-refractivity contribution >= 4 is 0 Å². The Balaban J connectivity index is 2.31. The van der Waals surface area contributed by atoms with Crippen molar-refractivity contribution in [2.75, 3.05) is 6.54 Å². The van der Waals surface area contributed by atoms with Gasteiger partial charge in [0.2, 0.25) is 0 Å². The number of nitrogens with one attached hydrogen (secondary N) is 1. The molecule has 0 saturated heterocycles. The molecule has 0 aliphatic heterocycles. The van der Waals surface area contributed by atoms with Crippen LogP contribution < -0.4 is 5.32 Å². The molecule has 0 aliphatic carbocycles. The van der Waals surface area contributed by atoms with Crippen LogP contribution in [0.3, 0.4) is 0 Å². The zero-order valence-corrected chi connectivity index (χ0v) is 8.62. The van der Waals surface area contributed by atoms with Gasteiger partial charge in [0.15, 0.2) is 0 Å². The summed E-state index contributed by atoms with van der Waals surface area (Å²) in [7, 11) is 1.89. The summed E-state index contributed by atoms with van der Waals surface area (Å²) in [5.41, 5.74) is 1.05. The van der Waals surface area contributed by atoms with Crippen LogP contribution in [0.4, 0.5) is 0 Å². The number of hydrogen-bond acceptors (Lipinski definition) is 3. The fourth-order valence-corrected chi connectivity index (χ4v) is 1.27. The van der Waals surface area contributed by atoms with Crippen LogP contribution in [0.25, 0.3) is 0 Å². The maximum Gasteiger partial charge on any atom is 0.0842 e. The Bertz CT molecular complexity index is 244. The van der Waals surface area contributed by atoms with Crippen molar-refractivity contribution < 1.29 is 0 Å². The molecule has 1 heterocycles. The van der Waals surface area contributed by atoms with Gasteiger partial charge in [-0.25, -0.2) is 0 Å². The molecule has 0 amide bonds. The predicted molar refractivity (Wildman–Crippen MR) is 52.5 cm³/mol. The molecule has 1 aromatic rings. The number of aromatic nitrogens is 3. The molecule has 0 spiro atoms. The van der Waals surface area contributed by atoms with E-state index in [0.29, 0.717) is 6.04 Å². The van der Waals surface area contributed by atoms with Gasteiger partial charge in [-0.05, 0) is 19.9 Å². The maximum absolute atomic E-state index is 4.04. The molecule has 1 unspecified atom stereocenters. The van der Waals surface area contributed by atoms with Crippen LogP contribution in [0.5, 0.6) is 0 Å². The fraction of sp³-hybridized carbons (Fsp3) is 0.778. The second-order valence-corrected chi connectivity index (χ2v) is 3.44. The monoisotopic (exact) mass is 182 g/mol. The molecule has 0 bridgehead atoms. The third-order valence-corrected chi connectivity index (χ3v) is 1.91. The Morgan fingerprint density at radius 2 is 2.38 bits per heavy atom. The Kier molecular flexibility index (Phi) is 3.89. The van der Waals surface area contributed by atoms with Gasteiger partial charge >= 0.3 is 0 Å². The van der Waals surface area contributed by atoms with Gasteiger partial charge in [0.05, 0.1) is 5.69 Å². The van der Waals surface area contributed by atoms with E-state index in [9.17, 15) is 0 Å². The van der Waals surface area contributed by atoms with Gasteiger partial charge in [-0.3, -0.25) is 4.68 Å². The zero-order valence-electron chi connectivity index (χ0n) is 8.62. The minimum Gasteiger partial charge on any atom is -0.314 e. The van der Waals surface area contributed by atoms with Crippen LogP contribution >= 0.6 is 0 Å². The molecule has 0 radical (unpaired) electrons. The summed E-state index contributed by atoms with van der Waals surface area (Å²) in [5, 5.41) is 11.3. The van der Waals surface area contributed by atoms with Crippen molar-refractivity contribution in [3.8, 4) is 0 Å². The van der Waals surface area contributed by atoms with Crippen molar-refractivity contribution in [2.24, 2.45) is 7.05 Å². The second kappa shape index (κ2) is 4.97. The Labute approximate surface area is 79.3 Å². The number of rotatable bonds is 5. The molecule has 0 aliphatic rings. The highest BCUT2D eigenvalue weighted by molar-refractivity contribution is 4.94. The molecule has 1 rings (SSSR count). The van der Waals surface area contributed by atoms with Crippen LogP contribution in [-0.2, 0) is 13.5 Å². The molecular formula is C9H18N4. The first-order chi connectivity index (χ1) is 6.22. The lowest BCUT2D eigenvalue weighted by molar-refractivity contribution is 0.538. The average molecular weight is 182 g/mol. The quantitative estimate of drug-likeness (QED) is 0.730. The number of hydrogen-bond donors (Lipinski definition) is 1. The molecular weight excluding hydrogens is 164 g/mol. The van der Waals surface area contributed by atoms with Crippen LogP contribution in [0.1, 0.15) is 26.0 Å². The first kappa shape index (κ1) is 10.2. The molecule has 0 fully saturated rings. The topological polar surface area (TPSA) is 42.7 Å². The van der Waals surface area contributed by atoms with Gasteiger partial charge in [0.1, 0.15) is 0 Å². The van der Waals surface area contributed by atoms with Crippen molar-refractivity contribution in [2.45, 2.75) is 32.7 Å². The van der Waals surface area contributed by atoms with E-state index in [1.807, 2.05) is 13.2 Å². The summed E-state index contributed by atoms with van der Waals surface area (Å²) in [6, 6.07) is 0.483. The Morgan fingerprint density at radius 1 is 1.62 bits per heavy atom. The predicted octanol–water partition coefficient (Wildman–Crippen LogP) is 0.746. The normalized spacial score (nSPS) is 13.2. The van der Waals surface area contributed by atoms with Crippen LogP contribution in [0, 0.1) is 0 Å². The van der Waals surface area contributed by atoms with Gasteiger partial charge in [-0.2, -0.15) is 0 Å². The average Bonchev–Trinajstić information content (AvgIpc) is 2.48. The minimum absolute atomic E-state index is 0.483. The first-order valence-corrected chi connectivity index (χ1v) is 4.81. The summed E-state index contributed by atoms with van der Waals surface area (Å²) in [5.74, 6) is 0. The van der Waals surface area contributed by atoms with Crippen LogP contribution in [-0.4, -0.2) is 27.6 Å². The fourth-order valence-electron chi connectivity index (χ4n) is 1.27. The van der Waals surface area contributed by atoms with Crippen molar-refractivity contribution in [3.05, 3.63) is 11.9 Å². The lowest BCUT2D eigenvalue weighted by atomic mass is 10.2. The maximum atomic E-state index is 4.04. The molecule has 1 N–H and O–H groups in total. The molecule has 4 nitrogen and oxygen atoms in total. The minimum atomic E-state index is 0.483. The summed E-state index contributed by atoms with van der Waals surface area (Å²) in [6.07, 6.45) is 4.09. The molecule has 13 heavy (non-hydrogen) atoms. The lowest BCUT2D eigenvalue weighted by Crippen LogP contribution is -2.28. The molecule has 74 valence electrons. The lowest BCUT2D eigenvalue weighted by Gasteiger charge is -2.10. The van der Waals surface area contributed by atoms with E-state index in [0.717, 1.165) is 18.7 Å². The van der Waals surface area contributed by atoms with E-state index in [4.69, 9.17) is 0 Å². The summed E-state index contributed by atoms with van der Waals surface area (Å²) < 4.78 is 1.74. The van der Waals surface area contributed by atoms with Gasteiger partial charge in [-0.15, -0.1) is 5.10 Å². The highest BCUT2D eigenvalue weighted by Crippen LogP contribution is 1.97.